The molecule has 2 atom stereocenters. The Hall–Kier alpha value is -0.940. The minimum atomic E-state index is 0.538. The first-order valence-corrected chi connectivity index (χ1v) is 5.95. The Morgan fingerprint density at radius 1 is 1.56 bits per heavy atom. The first kappa shape index (κ1) is 11.5. The summed E-state index contributed by atoms with van der Waals surface area (Å²) in [5, 5.41) is 7.45. The molecule has 1 aromatic heterocycles. The third kappa shape index (κ3) is 2.59. The van der Waals surface area contributed by atoms with E-state index in [4.69, 9.17) is 4.52 Å². The molecule has 0 spiro atoms. The van der Waals surface area contributed by atoms with Crippen LogP contribution in [0.25, 0.3) is 0 Å². The van der Waals surface area contributed by atoms with E-state index in [0.717, 1.165) is 31.9 Å². The predicted molar refractivity (Wildman–Crippen MR) is 61.0 cm³/mol. The SMILES string of the molecule is CCC1CNC(C)CN1Cc1noc(C)n1. The van der Waals surface area contributed by atoms with E-state index in [0.29, 0.717) is 18.0 Å². The van der Waals surface area contributed by atoms with Crippen molar-refractivity contribution in [1.29, 1.82) is 0 Å². The van der Waals surface area contributed by atoms with Gasteiger partial charge in [0.15, 0.2) is 5.82 Å². The molecule has 1 aromatic rings. The maximum atomic E-state index is 5.00. The number of hydrogen-bond acceptors (Lipinski definition) is 5. The smallest absolute Gasteiger partial charge is 0.223 e. The maximum absolute atomic E-state index is 5.00. The van der Waals surface area contributed by atoms with Gasteiger partial charge in [-0.15, -0.1) is 0 Å². The van der Waals surface area contributed by atoms with Crippen LogP contribution in [0.2, 0.25) is 0 Å². The van der Waals surface area contributed by atoms with Crippen LogP contribution < -0.4 is 5.32 Å². The number of nitrogens with zero attached hydrogens (tertiary/aromatic N) is 3. The molecule has 5 nitrogen and oxygen atoms in total. The summed E-state index contributed by atoms with van der Waals surface area (Å²) < 4.78 is 5.00. The highest BCUT2D eigenvalue weighted by molar-refractivity contribution is 4.89. The van der Waals surface area contributed by atoms with Crippen LogP contribution in [0.5, 0.6) is 0 Å². The molecule has 2 heterocycles. The average Bonchev–Trinajstić information content (AvgIpc) is 2.64. The largest absolute Gasteiger partial charge is 0.340 e. The minimum Gasteiger partial charge on any atom is -0.340 e. The van der Waals surface area contributed by atoms with Crippen molar-refractivity contribution in [3.63, 3.8) is 0 Å². The highest BCUT2D eigenvalue weighted by Crippen LogP contribution is 2.13. The number of hydrogen-bond donors (Lipinski definition) is 1. The van der Waals surface area contributed by atoms with Gasteiger partial charge in [-0.1, -0.05) is 12.1 Å². The fourth-order valence-electron chi connectivity index (χ4n) is 2.22. The van der Waals surface area contributed by atoms with Gasteiger partial charge in [-0.25, -0.2) is 0 Å². The van der Waals surface area contributed by atoms with E-state index in [-0.39, 0.29) is 0 Å². The molecule has 0 bridgehead atoms. The van der Waals surface area contributed by atoms with Gasteiger partial charge in [0.25, 0.3) is 0 Å². The fourth-order valence-corrected chi connectivity index (χ4v) is 2.22. The first-order chi connectivity index (χ1) is 7.69. The van der Waals surface area contributed by atoms with Gasteiger partial charge in [0, 0.05) is 32.1 Å². The topological polar surface area (TPSA) is 54.2 Å². The van der Waals surface area contributed by atoms with Gasteiger partial charge in [0.05, 0.1) is 6.54 Å². The summed E-state index contributed by atoms with van der Waals surface area (Å²) in [5.74, 6) is 1.44. The maximum Gasteiger partial charge on any atom is 0.223 e. The lowest BCUT2D eigenvalue weighted by molar-refractivity contribution is 0.120. The van der Waals surface area contributed by atoms with E-state index in [1.807, 2.05) is 6.92 Å². The molecule has 90 valence electrons. The van der Waals surface area contributed by atoms with Crippen LogP contribution >= 0.6 is 0 Å². The van der Waals surface area contributed by atoms with Crippen molar-refractivity contribution in [2.24, 2.45) is 0 Å². The van der Waals surface area contributed by atoms with Gasteiger partial charge < -0.3 is 9.84 Å². The Balaban J connectivity index is 2.00. The van der Waals surface area contributed by atoms with Crippen molar-refractivity contribution in [3.05, 3.63) is 11.7 Å². The lowest BCUT2D eigenvalue weighted by atomic mass is 10.1. The summed E-state index contributed by atoms with van der Waals surface area (Å²) >= 11 is 0. The molecule has 1 fully saturated rings. The third-order valence-electron chi connectivity index (χ3n) is 3.11. The van der Waals surface area contributed by atoms with Gasteiger partial charge in [-0.2, -0.15) is 4.98 Å². The summed E-state index contributed by atoms with van der Waals surface area (Å²) in [7, 11) is 0. The lowest BCUT2D eigenvalue weighted by Gasteiger charge is -2.38. The van der Waals surface area contributed by atoms with E-state index in [9.17, 15) is 0 Å². The van der Waals surface area contributed by atoms with Crippen LogP contribution in [0.15, 0.2) is 4.52 Å². The standard InChI is InChI=1S/C11H20N4O/c1-4-10-5-12-8(2)6-15(10)7-11-13-9(3)16-14-11/h8,10,12H,4-7H2,1-3H3. The van der Waals surface area contributed by atoms with Crippen LogP contribution in [-0.2, 0) is 6.54 Å². The highest BCUT2D eigenvalue weighted by atomic mass is 16.5. The molecule has 1 aliphatic heterocycles. The molecule has 1 aliphatic rings. The van der Waals surface area contributed by atoms with Crippen LogP contribution in [0.1, 0.15) is 32.0 Å². The summed E-state index contributed by atoms with van der Waals surface area (Å²) in [6.45, 7) is 9.15. The lowest BCUT2D eigenvalue weighted by Crippen LogP contribution is -2.54. The van der Waals surface area contributed by atoms with Crippen LogP contribution in [0.4, 0.5) is 0 Å². The second-order valence-electron chi connectivity index (χ2n) is 4.53. The number of nitrogens with one attached hydrogen (secondary N) is 1. The summed E-state index contributed by atoms with van der Waals surface area (Å²) in [6, 6.07) is 1.12. The molecule has 0 saturated carbocycles. The average molecular weight is 224 g/mol. The molecule has 1 saturated heterocycles. The van der Waals surface area contributed by atoms with Crippen molar-refractivity contribution in [1.82, 2.24) is 20.4 Å². The molecule has 2 rings (SSSR count). The molecule has 0 aromatic carbocycles. The molecule has 0 amide bonds. The predicted octanol–water partition coefficient (Wildman–Crippen LogP) is 0.950. The van der Waals surface area contributed by atoms with Gasteiger partial charge in [-0.05, 0) is 13.3 Å². The zero-order valence-corrected chi connectivity index (χ0v) is 10.2. The molecule has 0 aliphatic carbocycles. The minimum absolute atomic E-state index is 0.538. The molecular formula is C11H20N4O. The Labute approximate surface area is 96.2 Å². The van der Waals surface area contributed by atoms with Crippen molar-refractivity contribution in [3.8, 4) is 0 Å². The van der Waals surface area contributed by atoms with Gasteiger partial charge in [0.1, 0.15) is 0 Å². The van der Waals surface area contributed by atoms with E-state index in [1.54, 1.807) is 0 Å². The van der Waals surface area contributed by atoms with Gasteiger partial charge in [0.2, 0.25) is 5.89 Å². The van der Waals surface area contributed by atoms with Crippen LogP contribution in [0.3, 0.4) is 0 Å². The molecule has 16 heavy (non-hydrogen) atoms. The number of aryl methyl sites for hydroxylation is 1. The monoisotopic (exact) mass is 224 g/mol. The zero-order valence-electron chi connectivity index (χ0n) is 10.2. The van der Waals surface area contributed by atoms with Crippen LogP contribution in [-0.4, -0.2) is 40.2 Å². The Bertz CT molecular complexity index is 338. The molecule has 5 heteroatoms. The summed E-state index contributed by atoms with van der Waals surface area (Å²) in [4.78, 5) is 6.69. The zero-order chi connectivity index (χ0) is 11.5. The van der Waals surface area contributed by atoms with E-state index < -0.39 is 0 Å². The van der Waals surface area contributed by atoms with Crippen molar-refractivity contribution < 1.29 is 4.52 Å². The van der Waals surface area contributed by atoms with Crippen LogP contribution in [0, 0.1) is 6.92 Å². The molecular weight excluding hydrogens is 204 g/mol. The Morgan fingerprint density at radius 3 is 3.00 bits per heavy atom. The summed E-state index contributed by atoms with van der Waals surface area (Å²) in [6.07, 6.45) is 1.15. The number of aromatic nitrogens is 2. The van der Waals surface area contributed by atoms with Gasteiger partial charge in [-0.3, -0.25) is 4.90 Å². The van der Waals surface area contributed by atoms with Crippen molar-refractivity contribution in [2.45, 2.75) is 45.8 Å². The molecule has 0 radical (unpaired) electrons. The second-order valence-corrected chi connectivity index (χ2v) is 4.53. The quantitative estimate of drug-likeness (QED) is 0.828. The molecule has 1 N–H and O–H groups in total. The fraction of sp³-hybridized carbons (Fsp3) is 0.818. The van der Waals surface area contributed by atoms with Gasteiger partial charge >= 0.3 is 0 Å². The number of rotatable bonds is 3. The molecule has 2 unspecified atom stereocenters. The number of piperazine rings is 1. The van der Waals surface area contributed by atoms with E-state index >= 15 is 0 Å². The van der Waals surface area contributed by atoms with E-state index in [1.165, 1.54) is 0 Å². The van der Waals surface area contributed by atoms with Crippen molar-refractivity contribution in [2.75, 3.05) is 13.1 Å². The van der Waals surface area contributed by atoms with E-state index in [2.05, 4.69) is 34.2 Å². The highest BCUT2D eigenvalue weighted by Gasteiger charge is 2.25. The van der Waals surface area contributed by atoms with Crippen molar-refractivity contribution >= 4 is 0 Å². The normalized spacial score (nSPS) is 27.2. The Kier molecular flexibility index (Phi) is 3.56. The summed E-state index contributed by atoms with van der Waals surface area (Å²) in [5.41, 5.74) is 0. The second kappa shape index (κ2) is 4.93. The first-order valence-electron chi connectivity index (χ1n) is 5.95. The Morgan fingerprint density at radius 2 is 2.38 bits per heavy atom. The third-order valence-corrected chi connectivity index (χ3v) is 3.11.